The van der Waals surface area contributed by atoms with E-state index in [1.165, 1.54) is 103 Å². The standard InChI is InChI=1S/C20H37/c1-2-3-4-5-6-7-8-9-10-11-12-13-14-15-16-17-20-18-19-20/h10,20H,2-8,11-19H2,1H3. The van der Waals surface area contributed by atoms with Gasteiger partial charge in [0.25, 0.3) is 0 Å². The average molecular weight is 278 g/mol. The predicted octanol–water partition coefficient (Wildman–Crippen LogP) is 7.24. The SMILES string of the molecule is CCCCCCCC/[C]=C/CCCCCCCC1CC1. The molecule has 1 aliphatic carbocycles. The van der Waals surface area contributed by atoms with Gasteiger partial charge in [-0.2, -0.15) is 0 Å². The van der Waals surface area contributed by atoms with Crippen LogP contribution < -0.4 is 0 Å². The van der Waals surface area contributed by atoms with Crippen molar-refractivity contribution in [1.29, 1.82) is 0 Å². The lowest BCUT2D eigenvalue weighted by Gasteiger charge is -1.99. The molecule has 0 heterocycles. The molecule has 0 atom stereocenters. The van der Waals surface area contributed by atoms with E-state index in [1.54, 1.807) is 0 Å². The van der Waals surface area contributed by atoms with Gasteiger partial charge in [-0.3, -0.25) is 0 Å². The third-order valence-electron chi connectivity index (χ3n) is 4.48. The first-order valence-electron chi connectivity index (χ1n) is 9.48. The first-order valence-corrected chi connectivity index (χ1v) is 9.48. The van der Waals surface area contributed by atoms with Gasteiger partial charge in [-0.05, 0) is 37.7 Å². The van der Waals surface area contributed by atoms with Gasteiger partial charge < -0.3 is 0 Å². The third kappa shape index (κ3) is 12.8. The second-order valence-electron chi connectivity index (χ2n) is 6.71. The lowest BCUT2D eigenvalue weighted by atomic mass is 10.1. The maximum absolute atomic E-state index is 3.48. The van der Waals surface area contributed by atoms with Crippen LogP contribution >= 0.6 is 0 Å². The molecular formula is C20H37. The quantitative estimate of drug-likeness (QED) is 0.277. The van der Waals surface area contributed by atoms with Crippen molar-refractivity contribution < 1.29 is 0 Å². The molecule has 117 valence electrons. The summed E-state index contributed by atoms with van der Waals surface area (Å²) in [5.41, 5.74) is 0. The zero-order chi connectivity index (χ0) is 14.3. The Labute approximate surface area is 128 Å². The van der Waals surface area contributed by atoms with E-state index < -0.39 is 0 Å². The van der Waals surface area contributed by atoms with Crippen LogP contribution in [0, 0.1) is 12.0 Å². The van der Waals surface area contributed by atoms with Crippen molar-refractivity contribution in [3.8, 4) is 0 Å². The molecule has 1 radical (unpaired) electrons. The van der Waals surface area contributed by atoms with Gasteiger partial charge in [-0.25, -0.2) is 0 Å². The van der Waals surface area contributed by atoms with Gasteiger partial charge in [0.05, 0.1) is 0 Å². The molecule has 0 heteroatoms. The molecule has 1 fully saturated rings. The molecule has 0 aromatic carbocycles. The van der Waals surface area contributed by atoms with Gasteiger partial charge in [0.2, 0.25) is 0 Å². The van der Waals surface area contributed by atoms with Crippen LogP contribution in [-0.2, 0) is 0 Å². The molecule has 1 aliphatic rings. The Morgan fingerprint density at radius 3 is 2.20 bits per heavy atom. The summed E-state index contributed by atoms with van der Waals surface area (Å²) in [5.74, 6) is 1.13. The van der Waals surface area contributed by atoms with E-state index in [-0.39, 0.29) is 0 Å². The number of allylic oxidation sites excluding steroid dienone is 2. The van der Waals surface area contributed by atoms with Crippen LogP contribution in [-0.4, -0.2) is 0 Å². The highest BCUT2D eigenvalue weighted by atomic mass is 14.3. The Morgan fingerprint density at radius 2 is 1.45 bits per heavy atom. The summed E-state index contributed by atoms with van der Waals surface area (Å²) < 4.78 is 0. The van der Waals surface area contributed by atoms with Crippen LogP contribution in [0.25, 0.3) is 0 Å². The molecule has 0 bridgehead atoms. The molecule has 0 nitrogen and oxygen atoms in total. The second kappa shape index (κ2) is 13.7. The summed E-state index contributed by atoms with van der Waals surface area (Å²) in [7, 11) is 0. The number of unbranched alkanes of at least 4 members (excludes halogenated alkanes) is 11. The van der Waals surface area contributed by atoms with E-state index >= 15 is 0 Å². The van der Waals surface area contributed by atoms with Crippen molar-refractivity contribution in [3.05, 3.63) is 12.2 Å². The molecular weight excluding hydrogens is 240 g/mol. The topological polar surface area (TPSA) is 0 Å². The Balaban J connectivity index is 1.67. The summed E-state index contributed by atoms with van der Waals surface area (Å²) in [6.07, 6.45) is 28.4. The van der Waals surface area contributed by atoms with E-state index in [1.807, 2.05) is 0 Å². The van der Waals surface area contributed by atoms with Crippen LogP contribution in [0.4, 0.5) is 0 Å². The summed E-state index contributed by atoms with van der Waals surface area (Å²) in [4.78, 5) is 0. The molecule has 0 saturated heterocycles. The van der Waals surface area contributed by atoms with E-state index in [4.69, 9.17) is 0 Å². The van der Waals surface area contributed by atoms with Gasteiger partial charge in [0.1, 0.15) is 0 Å². The predicted molar refractivity (Wildman–Crippen MR) is 90.8 cm³/mol. The first-order chi connectivity index (χ1) is 9.93. The number of hydrogen-bond donors (Lipinski definition) is 0. The van der Waals surface area contributed by atoms with Crippen LogP contribution in [0.15, 0.2) is 6.08 Å². The maximum Gasteiger partial charge on any atom is -0.0279 e. The fourth-order valence-electron chi connectivity index (χ4n) is 2.83. The first kappa shape index (κ1) is 17.8. The molecule has 0 spiro atoms. The van der Waals surface area contributed by atoms with Crippen molar-refractivity contribution in [1.82, 2.24) is 0 Å². The summed E-state index contributed by atoms with van der Waals surface area (Å²) in [5, 5.41) is 0. The zero-order valence-corrected chi connectivity index (χ0v) is 14.0. The van der Waals surface area contributed by atoms with Crippen molar-refractivity contribution >= 4 is 0 Å². The third-order valence-corrected chi connectivity index (χ3v) is 4.48. The largest absolute Gasteiger partial charge is 0.0811 e. The van der Waals surface area contributed by atoms with Crippen LogP contribution in [0.3, 0.4) is 0 Å². The Bertz CT molecular complexity index is 212. The van der Waals surface area contributed by atoms with E-state index in [9.17, 15) is 0 Å². The Kier molecular flexibility index (Phi) is 12.2. The van der Waals surface area contributed by atoms with Gasteiger partial charge in [-0.15, -0.1) is 0 Å². The average Bonchev–Trinajstić information content (AvgIpc) is 3.27. The molecule has 0 N–H and O–H groups in total. The van der Waals surface area contributed by atoms with Gasteiger partial charge in [-0.1, -0.05) is 90.0 Å². The minimum absolute atomic E-state index is 1.13. The van der Waals surface area contributed by atoms with Crippen molar-refractivity contribution in [2.75, 3.05) is 0 Å². The smallest absolute Gasteiger partial charge is 0.0279 e. The van der Waals surface area contributed by atoms with Crippen molar-refractivity contribution in [2.24, 2.45) is 5.92 Å². The molecule has 0 aromatic heterocycles. The lowest BCUT2D eigenvalue weighted by Crippen LogP contribution is -1.81. The summed E-state index contributed by atoms with van der Waals surface area (Å²) in [6.45, 7) is 2.28. The summed E-state index contributed by atoms with van der Waals surface area (Å²) >= 11 is 0. The monoisotopic (exact) mass is 277 g/mol. The highest BCUT2D eigenvalue weighted by Crippen LogP contribution is 2.34. The fraction of sp³-hybridized carbons (Fsp3) is 0.900. The fourth-order valence-corrected chi connectivity index (χ4v) is 2.83. The maximum atomic E-state index is 3.48. The zero-order valence-electron chi connectivity index (χ0n) is 14.0. The minimum Gasteiger partial charge on any atom is -0.0811 e. The van der Waals surface area contributed by atoms with E-state index in [2.05, 4.69) is 19.1 Å². The summed E-state index contributed by atoms with van der Waals surface area (Å²) in [6, 6.07) is 0. The second-order valence-corrected chi connectivity index (χ2v) is 6.71. The Morgan fingerprint density at radius 1 is 0.800 bits per heavy atom. The van der Waals surface area contributed by atoms with Gasteiger partial charge in [0, 0.05) is 0 Å². The molecule has 0 unspecified atom stereocenters. The number of hydrogen-bond acceptors (Lipinski definition) is 0. The minimum atomic E-state index is 1.13. The van der Waals surface area contributed by atoms with Crippen molar-refractivity contribution in [2.45, 2.75) is 110 Å². The lowest BCUT2D eigenvalue weighted by molar-refractivity contribution is 0.573. The molecule has 1 saturated carbocycles. The molecule has 20 heavy (non-hydrogen) atoms. The highest BCUT2D eigenvalue weighted by molar-refractivity contribution is 4.74. The van der Waals surface area contributed by atoms with E-state index in [0.717, 1.165) is 5.92 Å². The highest BCUT2D eigenvalue weighted by Gasteiger charge is 2.19. The normalized spacial score (nSPS) is 15.2. The van der Waals surface area contributed by atoms with Crippen molar-refractivity contribution in [3.63, 3.8) is 0 Å². The van der Waals surface area contributed by atoms with Gasteiger partial charge in [0.15, 0.2) is 0 Å². The van der Waals surface area contributed by atoms with Crippen LogP contribution in [0.2, 0.25) is 0 Å². The number of rotatable bonds is 15. The van der Waals surface area contributed by atoms with Crippen LogP contribution in [0.5, 0.6) is 0 Å². The Hall–Kier alpha value is -0.260. The van der Waals surface area contributed by atoms with Gasteiger partial charge >= 0.3 is 0 Å². The van der Waals surface area contributed by atoms with Crippen LogP contribution in [0.1, 0.15) is 110 Å². The molecule has 0 aliphatic heterocycles. The molecule has 1 rings (SSSR count). The molecule has 0 aromatic rings. The molecule has 0 amide bonds. The van der Waals surface area contributed by atoms with E-state index in [0.29, 0.717) is 0 Å².